The summed E-state index contributed by atoms with van der Waals surface area (Å²) in [4.78, 5) is 32.1. The van der Waals surface area contributed by atoms with Crippen LogP contribution in [-0.2, 0) is 9.53 Å². The fourth-order valence-electron chi connectivity index (χ4n) is 4.31. The van der Waals surface area contributed by atoms with E-state index in [0.29, 0.717) is 49.2 Å². The van der Waals surface area contributed by atoms with E-state index in [4.69, 9.17) is 23.7 Å². The first-order chi connectivity index (χ1) is 17.9. The fourth-order valence-corrected chi connectivity index (χ4v) is 5.34. The molecule has 2 heterocycles. The number of allylic oxidation sites excluding steroid dienone is 1. The normalized spacial score (nSPS) is 15.1. The molecule has 0 radical (unpaired) electrons. The van der Waals surface area contributed by atoms with E-state index in [0.717, 1.165) is 0 Å². The SMILES string of the molecule is CCOC(=O)C1=C(C)N=c2s/c(=C/c3cccc(OC)c3OC)c(=O)n2[C@@H]1c1cc(OC)ccc1OC. The highest BCUT2D eigenvalue weighted by molar-refractivity contribution is 7.07. The van der Waals surface area contributed by atoms with Crippen molar-refractivity contribution in [2.45, 2.75) is 19.9 Å². The molecule has 0 saturated carbocycles. The summed E-state index contributed by atoms with van der Waals surface area (Å²) in [5.41, 5.74) is 1.64. The van der Waals surface area contributed by atoms with Crippen molar-refractivity contribution in [1.82, 2.24) is 4.57 Å². The Morgan fingerprint density at radius 1 is 1.05 bits per heavy atom. The van der Waals surface area contributed by atoms with Crippen molar-refractivity contribution in [2.24, 2.45) is 4.99 Å². The Kier molecular flexibility index (Phi) is 7.68. The van der Waals surface area contributed by atoms with Crippen LogP contribution in [-0.4, -0.2) is 45.6 Å². The van der Waals surface area contributed by atoms with Crippen molar-refractivity contribution in [3.8, 4) is 23.0 Å². The molecule has 3 aromatic rings. The van der Waals surface area contributed by atoms with E-state index in [9.17, 15) is 9.59 Å². The van der Waals surface area contributed by atoms with Crippen LogP contribution < -0.4 is 33.8 Å². The van der Waals surface area contributed by atoms with E-state index in [1.165, 1.54) is 23.0 Å². The van der Waals surface area contributed by atoms with Crippen LogP contribution in [0.3, 0.4) is 0 Å². The van der Waals surface area contributed by atoms with Gasteiger partial charge >= 0.3 is 5.97 Å². The lowest BCUT2D eigenvalue weighted by Gasteiger charge is -2.26. The number of aromatic nitrogens is 1. The molecule has 1 atom stereocenters. The number of rotatable bonds is 8. The summed E-state index contributed by atoms with van der Waals surface area (Å²) in [6.45, 7) is 3.64. The van der Waals surface area contributed by atoms with E-state index >= 15 is 0 Å². The number of carbonyl (C=O) groups excluding carboxylic acids is 1. The van der Waals surface area contributed by atoms with E-state index in [-0.39, 0.29) is 17.7 Å². The lowest BCUT2D eigenvalue weighted by atomic mass is 9.94. The number of methoxy groups -OCH3 is 4. The van der Waals surface area contributed by atoms with Gasteiger partial charge in [-0.3, -0.25) is 9.36 Å². The largest absolute Gasteiger partial charge is 0.497 e. The van der Waals surface area contributed by atoms with Crippen molar-refractivity contribution in [1.29, 1.82) is 0 Å². The summed E-state index contributed by atoms with van der Waals surface area (Å²) in [6.07, 6.45) is 1.73. The summed E-state index contributed by atoms with van der Waals surface area (Å²) >= 11 is 1.22. The van der Waals surface area contributed by atoms with Crippen LogP contribution in [0.15, 0.2) is 57.5 Å². The predicted molar refractivity (Wildman–Crippen MR) is 139 cm³/mol. The van der Waals surface area contributed by atoms with E-state index in [2.05, 4.69) is 4.99 Å². The second-order valence-electron chi connectivity index (χ2n) is 7.99. The molecule has 0 amide bonds. The molecule has 0 aliphatic carbocycles. The quantitative estimate of drug-likeness (QED) is 0.418. The molecule has 0 fully saturated rings. The molecule has 0 spiro atoms. The maximum Gasteiger partial charge on any atom is 0.338 e. The first kappa shape index (κ1) is 26.0. The van der Waals surface area contributed by atoms with Gasteiger partial charge in [-0.1, -0.05) is 23.5 Å². The lowest BCUT2D eigenvalue weighted by molar-refractivity contribution is -0.139. The maximum absolute atomic E-state index is 13.9. The number of nitrogens with zero attached hydrogens (tertiary/aromatic N) is 2. The zero-order valence-electron chi connectivity index (χ0n) is 21.5. The smallest absolute Gasteiger partial charge is 0.338 e. The van der Waals surface area contributed by atoms with Gasteiger partial charge < -0.3 is 23.7 Å². The van der Waals surface area contributed by atoms with Gasteiger partial charge in [0, 0.05) is 11.1 Å². The molecule has 1 aromatic heterocycles. The van der Waals surface area contributed by atoms with Gasteiger partial charge in [0.1, 0.15) is 17.5 Å². The molecule has 0 saturated heterocycles. The van der Waals surface area contributed by atoms with Crippen molar-refractivity contribution >= 4 is 23.4 Å². The van der Waals surface area contributed by atoms with Crippen LogP contribution in [0.4, 0.5) is 0 Å². The summed E-state index contributed by atoms with van der Waals surface area (Å²) < 4.78 is 29.3. The maximum atomic E-state index is 13.9. The highest BCUT2D eigenvalue weighted by Gasteiger charge is 2.35. The van der Waals surface area contributed by atoms with Gasteiger partial charge in [0.15, 0.2) is 16.3 Å². The first-order valence-corrected chi connectivity index (χ1v) is 12.3. The number of benzene rings is 2. The highest BCUT2D eigenvalue weighted by atomic mass is 32.1. The number of ether oxygens (including phenoxy) is 5. The summed E-state index contributed by atoms with van der Waals surface area (Å²) in [5.74, 6) is 1.54. The zero-order chi connectivity index (χ0) is 26.7. The van der Waals surface area contributed by atoms with Crippen LogP contribution in [0.1, 0.15) is 31.0 Å². The van der Waals surface area contributed by atoms with Crippen molar-refractivity contribution in [2.75, 3.05) is 35.0 Å². The third kappa shape index (κ3) is 4.72. The number of fused-ring (bicyclic) bond motifs is 1. The summed E-state index contributed by atoms with van der Waals surface area (Å²) in [7, 11) is 6.17. The second-order valence-corrected chi connectivity index (χ2v) is 9.00. The Balaban J connectivity index is 2.03. The van der Waals surface area contributed by atoms with Gasteiger partial charge in [-0.2, -0.15) is 0 Å². The van der Waals surface area contributed by atoms with Crippen molar-refractivity contribution in [3.63, 3.8) is 0 Å². The Hall–Kier alpha value is -4.05. The van der Waals surface area contributed by atoms with Crippen LogP contribution in [0, 0.1) is 0 Å². The molecule has 4 rings (SSSR count). The highest BCUT2D eigenvalue weighted by Crippen LogP contribution is 2.38. The minimum Gasteiger partial charge on any atom is -0.497 e. The molecule has 37 heavy (non-hydrogen) atoms. The number of carbonyl (C=O) groups is 1. The van der Waals surface area contributed by atoms with Crippen LogP contribution in [0.25, 0.3) is 6.08 Å². The monoisotopic (exact) mass is 524 g/mol. The summed E-state index contributed by atoms with van der Waals surface area (Å²) in [5, 5.41) is 0. The Morgan fingerprint density at radius 2 is 1.81 bits per heavy atom. The molecule has 194 valence electrons. The molecule has 1 aliphatic heterocycles. The molecule has 0 N–H and O–H groups in total. The number of hydrogen-bond donors (Lipinski definition) is 0. The molecule has 0 bridgehead atoms. The van der Waals surface area contributed by atoms with Gasteiger partial charge in [-0.15, -0.1) is 0 Å². The predicted octanol–water partition coefficient (Wildman–Crippen LogP) is 2.83. The van der Waals surface area contributed by atoms with E-state index in [1.807, 2.05) is 12.1 Å². The third-order valence-corrected chi connectivity index (χ3v) is 6.95. The standard InChI is InChI=1S/C27H28N2O7S/c1-7-36-26(31)22-15(2)28-27-29(23(22)18-14-17(32-3)11-12-19(18)33-4)25(30)21(37-27)13-16-9-8-10-20(34-5)24(16)35-6/h8-14,23H,7H2,1-6H3/b21-13+/t23-/m1/s1. The van der Waals surface area contributed by atoms with Gasteiger partial charge in [-0.05, 0) is 44.2 Å². The Morgan fingerprint density at radius 3 is 2.46 bits per heavy atom. The molecule has 9 nitrogen and oxygen atoms in total. The van der Waals surface area contributed by atoms with E-state index < -0.39 is 12.0 Å². The third-order valence-electron chi connectivity index (χ3n) is 5.97. The number of thiazole rings is 1. The van der Waals surface area contributed by atoms with Crippen molar-refractivity contribution < 1.29 is 28.5 Å². The van der Waals surface area contributed by atoms with Gasteiger partial charge in [-0.25, -0.2) is 9.79 Å². The average Bonchev–Trinajstić information content (AvgIpc) is 3.21. The van der Waals surface area contributed by atoms with Crippen LogP contribution in [0.5, 0.6) is 23.0 Å². The van der Waals surface area contributed by atoms with Gasteiger partial charge in [0.2, 0.25) is 0 Å². The van der Waals surface area contributed by atoms with Gasteiger partial charge in [0.25, 0.3) is 5.56 Å². The van der Waals surface area contributed by atoms with Gasteiger partial charge in [0.05, 0.1) is 50.8 Å². The van der Waals surface area contributed by atoms with Crippen LogP contribution in [0.2, 0.25) is 0 Å². The van der Waals surface area contributed by atoms with Crippen molar-refractivity contribution in [3.05, 3.63) is 78.5 Å². The molecule has 2 aromatic carbocycles. The number of para-hydroxylation sites is 1. The molecule has 0 unspecified atom stereocenters. The number of hydrogen-bond acceptors (Lipinski definition) is 9. The Labute approximate surface area is 217 Å². The summed E-state index contributed by atoms with van der Waals surface area (Å²) in [6, 6.07) is 9.83. The zero-order valence-corrected chi connectivity index (χ0v) is 22.3. The van der Waals surface area contributed by atoms with Crippen LogP contribution >= 0.6 is 11.3 Å². The lowest BCUT2D eigenvalue weighted by Crippen LogP contribution is -2.40. The minimum absolute atomic E-state index is 0.178. The molecule has 10 heteroatoms. The Bertz CT molecular complexity index is 1550. The van der Waals surface area contributed by atoms with E-state index in [1.54, 1.807) is 65.5 Å². The minimum atomic E-state index is -0.838. The first-order valence-electron chi connectivity index (χ1n) is 11.5. The fraction of sp³-hybridized carbons (Fsp3) is 0.296. The molecular weight excluding hydrogens is 496 g/mol. The topological polar surface area (TPSA) is 97.6 Å². The molecular formula is C27H28N2O7S. The number of esters is 1. The average molecular weight is 525 g/mol. The second kappa shape index (κ2) is 10.9. The molecule has 1 aliphatic rings.